The Morgan fingerprint density at radius 3 is 2.60 bits per heavy atom. The number of allylic oxidation sites excluding steroid dienone is 1. The number of nitrogens with one attached hydrogen (secondary N) is 1. The standard InChI is InChI=1S/C25H34N4O5S/c1-15(2)34-24(31)21-16(3)27-25-29(17(14-35-25)13-20(30)26-11-12-28(4)5)22(21)18-9-8-10-19(32-6)23(18)33-7/h8-10,14-15,22H,11-13H2,1-7H3,(H,26,30)/t22-/m1/s1. The van der Waals surface area contributed by atoms with E-state index in [1.807, 2.05) is 55.3 Å². The van der Waals surface area contributed by atoms with E-state index in [-0.39, 0.29) is 18.4 Å². The lowest BCUT2D eigenvalue weighted by Gasteiger charge is -2.37. The van der Waals surface area contributed by atoms with Crippen molar-refractivity contribution in [3.05, 3.63) is 46.1 Å². The summed E-state index contributed by atoms with van der Waals surface area (Å²) in [6.45, 7) is 6.70. The summed E-state index contributed by atoms with van der Waals surface area (Å²) in [6.07, 6.45) is -0.153. The average molecular weight is 503 g/mol. The second-order valence-corrected chi connectivity index (χ2v) is 9.60. The Morgan fingerprint density at radius 2 is 1.97 bits per heavy atom. The number of fused-ring (bicyclic) bond motifs is 1. The van der Waals surface area contributed by atoms with Gasteiger partial charge >= 0.3 is 5.97 Å². The third-order valence-electron chi connectivity index (χ3n) is 5.51. The molecule has 2 aliphatic heterocycles. The molecule has 9 nitrogen and oxygen atoms in total. The number of carbonyl (C=O) groups is 2. The van der Waals surface area contributed by atoms with Crippen molar-refractivity contribution in [2.24, 2.45) is 4.99 Å². The molecule has 3 rings (SSSR count). The number of likely N-dealkylation sites (N-methyl/N-ethyl adjacent to an activating group) is 1. The van der Waals surface area contributed by atoms with Crippen LogP contribution in [0.5, 0.6) is 11.5 Å². The molecule has 0 bridgehead atoms. The second-order valence-electron chi connectivity index (χ2n) is 8.76. The van der Waals surface area contributed by atoms with Crippen molar-refractivity contribution in [2.45, 2.75) is 39.3 Å². The van der Waals surface area contributed by atoms with Gasteiger partial charge in [-0.15, -0.1) is 0 Å². The normalized spacial score (nSPS) is 17.3. The molecule has 190 valence electrons. The van der Waals surface area contributed by atoms with Crippen molar-refractivity contribution >= 4 is 28.8 Å². The molecule has 1 N–H and O–H groups in total. The van der Waals surface area contributed by atoms with Crippen LogP contribution in [0.15, 0.2) is 45.6 Å². The van der Waals surface area contributed by atoms with Gasteiger partial charge in [-0.3, -0.25) is 4.79 Å². The van der Waals surface area contributed by atoms with Crippen LogP contribution in [0.2, 0.25) is 0 Å². The topological polar surface area (TPSA) is 92.7 Å². The van der Waals surface area contributed by atoms with Crippen molar-refractivity contribution in [3.63, 3.8) is 0 Å². The van der Waals surface area contributed by atoms with Gasteiger partial charge in [0.1, 0.15) is 0 Å². The molecular formula is C25H34N4O5S. The molecule has 0 aromatic heterocycles. The predicted octanol–water partition coefficient (Wildman–Crippen LogP) is 3.30. The van der Waals surface area contributed by atoms with Gasteiger partial charge in [-0.25, -0.2) is 9.79 Å². The number of nitrogens with zero attached hydrogens (tertiary/aromatic N) is 3. The number of thioether (sulfide) groups is 1. The molecule has 0 fully saturated rings. The van der Waals surface area contributed by atoms with E-state index in [1.54, 1.807) is 27.2 Å². The summed E-state index contributed by atoms with van der Waals surface area (Å²) in [7, 11) is 7.05. The molecule has 0 aliphatic carbocycles. The first kappa shape index (κ1) is 26.6. The Bertz CT molecular complexity index is 1060. The number of amides is 1. The Kier molecular flexibility index (Phi) is 8.85. The number of benzene rings is 1. The van der Waals surface area contributed by atoms with E-state index in [9.17, 15) is 9.59 Å². The monoisotopic (exact) mass is 502 g/mol. The number of amidine groups is 1. The Hall–Kier alpha value is -2.98. The van der Waals surface area contributed by atoms with Crippen molar-refractivity contribution in [2.75, 3.05) is 41.4 Å². The minimum atomic E-state index is -0.602. The molecule has 0 saturated heterocycles. The van der Waals surface area contributed by atoms with Gasteiger partial charge in [-0.2, -0.15) is 0 Å². The average Bonchev–Trinajstić information content (AvgIpc) is 3.18. The van der Waals surface area contributed by atoms with Crippen LogP contribution in [0.1, 0.15) is 38.8 Å². The number of carbonyl (C=O) groups excluding carboxylic acids is 2. The molecule has 1 atom stereocenters. The zero-order valence-corrected chi connectivity index (χ0v) is 22.2. The maximum Gasteiger partial charge on any atom is 0.338 e. The third kappa shape index (κ3) is 5.99. The Balaban J connectivity index is 2.04. The number of esters is 1. The molecule has 1 aromatic rings. The van der Waals surface area contributed by atoms with Crippen LogP contribution in [-0.4, -0.2) is 74.4 Å². The van der Waals surface area contributed by atoms with Crippen molar-refractivity contribution < 1.29 is 23.8 Å². The highest BCUT2D eigenvalue weighted by molar-refractivity contribution is 8.16. The van der Waals surface area contributed by atoms with Crippen LogP contribution in [0.4, 0.5) is 0 Å². The van der Waals surface area contributed by atoms with Crippen LogP contribution < -0.4 is 14.8 Å². The van der Waals surface area contributed by atoms with E-state index in [2.05, 4.69) is 5.32 Å². The Morgan fingerprint density at radius 1 is 1.23 bits per heavy atom. The zero-order chi connectivity index (χ0) is 25.7. The second kappa shape index (κ2) is 11.6. The number of ether oxygens (including phenoxy) is 3. The fraction of sp³-hybridized carbons (Fsp3) is 0.480. The lowest BCUT2D eigenvalue weighted by Crippen LogP contribution is -2.39. The molecule has 2 heterocycles. The minimum Gasteiger partial charge on any atom is -0.493 e. The van der Waals surface area contributed by atoms with Gasteiger partial charge in [0.05, 0.1) is 44.1 Å². The maximum absolute atomic E-state index is 13.3. The molecule has 1 aromatic carbocycles. The lowest BCUT2D eigenvalue weighted by atomic mass is 9.92. The molecule has 0 radical (unpaired) electrons. The van der Waals surface area contributed by atoms with Crippen LogP contribution in [-0.2, 0) is 14.3 Å². The molecule has 2 aliphatic rings. The fourth-order valence-electron chi connectivity index (χ4n) is 3.98. The maximum atomic E-state index is 13.3. The van der Waals surface area contributed by atoms with Crippen LogP contribution in [0.3, 0.4) is 0 Å². The summed E-state index contributed by atoms with van der Waals surface area (Å²) in [4.78, 5) is 34.7. The summed E-state index contributed by atoms with van der Waals surface area (Å²) < 4.78 is 16.9. The van der Waals surface area contributed by atoms with E-state index < -0.39 is 12.0 Å². The first-order chi connectivity index (χ1) is 16.7. The van der Waals surface area contributed by atoms with Crippen molar-refractivity contribution in [3.8, 4) is 11.5 Å². The highest BCUT2D eigenvalue weighted by Crippen LogP contribution is 2.48. The van der Waals surface area contributed by atoms with E-state index in [4.69, 9.17) is 19.2 Å². The number of rotatable bonds is 10. The quantitative estimate of drug-likeness (QED) is 0.487. The molecule has 0 saturated carbocycles. The summed E-state index contributed by atoms with van der Waals surface area (Å²) in [5, 5.41) is 5.56. The van der Waals surface area contributed by atoms with Gasteiger partial charge in [0.2, 0.25) is 5.91 Å². The summed E-state index contributed by atoms with van der Waals surface area (Å²) in [6, 6.07) is 4.94. The third-order valence-corrected chi connectivity index (χ3v) is 6.40. The molecule has 1 amide bonds. The highest BCUT2D eigenvalue weighted by atomic mass is 32.2. The smallest absolute Gasteiger partial charge is 0.338 e. The summed E-state index contributed by atoms with van der Waals surface area (Å²) in [5.41, 5.74) is 2.42. The van der Waals surface area contributed by atoms with Gasteiger partial charge in [0.25, 0.3) is 0 Å². The largest absolute Gasteiger partial charge is 0.493 e. The van der Waals surface area contributed by atoms with E-state index in [1.165, 1.54) is 11.8 Å². The van der Waals surface area contributed by atoms with E-state index >= 15 is 0 Å². The van der Waals surface area contributed by atoms with Crippen molar-refractivity contribution in [1.82, 2.24) is 15.1 Å². The van der Waals surface area contributed by atoms with Crippen LogP contribution in [0, 0.1) is 0 Å². The molecule has 10 heteroatoms. The van der Waals surface area contributed by atoms with Crippen LogP contribution in [0.25, 0.3) is 0 Å². The number of hydrogen-bond donors (Lipinski definition) is 1. The fourth-order valence-corrected chi connectivity index (χ4v) is 4.94. The molecular weight excluding hydrogens is 468 g/mol. The molecule has 0 spiro atoms. The lowest BCUT2D eigenvalue weighted by molar-refractivity contribution is -0.143. The first-order valence-corrected chi connectivity index (χ1v) is 12.3. The van der Waals surface area contributed by atoms with Gasteiger partial charge in [-0.1, -0.05) is 23.9 Å². The first-order valence-electron chi connectivity index (χ1n) is 11.5. The number of para-hydroxylation sites is 1. The molecule has 0 unspecified atom stereocenters. The van der Waals surface area contributed by atoms with Gasteiger partial charge in [-0.05, 0) is 46.3 Å². The SMILES string of the molecule is COc1cccc([C@@H]2C(C(=O)OC(C)C)=C(C)N=C3SC=C(CC(=O)NCCN(C)C)N32)c1OC. The van der Waals surface area contributed by atoms with Gasteiger partial charge in [0, 0.05) is 24.4 Å². The number of methoxy groups -OCH3 is 2. The number of aliphatic imine (C=N–C) groups is 1. The van der Waals surface area contributed by atoms with Gasteiger partial charge in [0.15, 0.2) is 16.7 Å². The predicted molar refractivity (Wildman–Crippen MR) is 137 cm³/mol. The van der Waals surface area contributed by atoms with E-state index in [0.717, 1.165) is 17.8 Å². The molecule has 35 heavy (non-hydrogen) atoms. The Labute approximate surface area is 211 Å². The summed E-state index contributed by atoms with van der Waals surface area (Å²) >= 11 is 1.43. The minimum absolute atomic E-state index is 0.103. The zero-order valence-electron chi connectivity index (χ0n) is 21.4. The van der Waals surface area contributed by atoms with Crippen LogP contribution >= 0.6 is 11.8 Å². The summed E-state index contributed by atoms with van der Waals surface area (Å²) in [5.74, 6) is 0.494. The van der Waals surface area contributed by atoms with Gasteiger partial charge < -0.3 is 29.3 Å². The van der Waals surface area contributed by atoms with Crippen molar-refractivity contribution in [1.29, 1.82) is 0 Å². The highest BCUT2D eigenvalue weighted by Gasteiger charge is 2.42. The number of hydrogen-bond acceptors (Lipinski definition) is 9. The van der Waals surface area contributed by atoms with E-state index in [0.29, 0.717) is 34.5 Å².